The van der Waals surface area contributed by atoms with Crippen molar-refractivity contribution in [2.75, 3.05) is 0 Å². The standard InChI is InChI=1S/C5H6F5.CH3.Es/c1-2-3-4(6,7)5(8,9)10;;/h1-3H2;1H3;/q2*-1;. The third kappa shape index (κ3) is 3.73. The molecule has 0 unspecified atom stereocenters. The molecule has 0 fully saturated rings. The molecule has 0 aliphatic rings. The van der Waals surface area contributed by atoms with Crippen LogP contribution in [0.1, 0.15) is 12.8 Å². The molecule has 81 valence electrons. The first kappa shape index (κ1) is 16.9. The summed E-state index contributed by atoms with van der Waals surface area (Å²) >= 11 is 0. The van der Waals surface area contributed by atoms with Gasteiger partial charge in [0.25, 0.3) is 0 Å². The van der Waals surface area contributed by atoms with Crippen LogP contribution in [0.15, 0.2) is 0 Å². The molecule has 0 aliphatic heterocycles. The van der Waals surface area contributed by atoms with E-state index in [0.717, 1.165) is 0 Å². The van der Waals surface area contributed by atoms with Gasteiger partial charge < -0.3 is 14.4 Å². The van der Waals surface area contributed by atoms with Gasteiger partial charge in [0.2, 0.25) is 0 Å². The van der Waals surface area contributed by atoms with E-state index in [2.05, 4.69) is 6.92 Å². The average Bonchev–Trinajstić information content (AvgIpc) is 1.61. The molecule has 0 saturated heterocycles. The molecule has 0 aromatic rings. The molecular weight excluding hydrogens is 419 g/mol. The zero-order valence-corrected chi connectivity index (χ0v) is 8.82. The first-order chi connectivity index (χ1) is 4.31. The number of alkyl halides is 5. The van der Waals surface area contributed by atoms with Crippen LogP contribution in [0.2, 0.25) is 0 Å². The molecule has 0 aromatic heterocycles. The molecule has 6 heteroatoms. The maximum Gasteiger partial charge on any atom is 0.453 e. The number of hydrogen-bond acceptors (Lipinski definition) is 0. The van der Waals surface area contributed by atoms with Crippen LogP contribution >= 0.6 is 0 Å². The fourth-order valence-corrected chi connectivity index (χ4v) is 0.364. The Kier molecular flexibility index (Phi) is 6.37. The fourth-order valence-electron chi connectivity index (χ4n) is 0.364. The van der Waals surface area contributed by atoms with Gasteiger partial charge in [-0.1, -0.05) is 0 Å². The smallest absolute Gasteiger partial charge is 0.358 e. The van der Waals surface area contributed by atoms with Crippen molar-refractivity contribution in [3.8, 4) is 0 Å². The van der Waals surface area contributed by atoms with E-state index in [9.17, 15) is 22.0 Å². The number of rotatable bonds is 2. The Morgan fingerprint density at radius 1 is 1.00 bits per heavy atom. The van der Waals surface area contributed by atoms with Gasteiger partial charge in [0.05, 0.1) is 0 Å². The summed E-state index contributed by atoms with van der Waals surface area (Å²) in [5, 5.41) is 0. The van der Waals surface area contributed by atoms with E-state index >= 15 is 0 Å². The first-order valence-electron chi connectivity index (χ1n) is 2.55. The second-order valence-electron chi connectivity index (χ2n) is 1.81. The molecule has 12 heavy (non-hydrogen) atoms. The van der Waals surface area contributed by atoms with E-state index in [4.69, 9.17) is 0 Å². The van der Waals surface area contributed by atoms with Crippen molar-refractivity contribution in [3.05, 3.63) is 14.4 Å². The molecule has 0 bridgehead atoms. The molecule has 0 saturated carbocycles. The molecule has 0 heterocycles. The zero-order valence-electron chi connectivity index (χ0n) is 6.31. The Hall–Kier alpha value is -1.35. The van der Waals surface area contributed by atoms with Gasteiger partial charge >= 0.3 is 12.1 Å². The van der Waals surface area contributed by atoms with Crippen LogP contribution in [0.4, 0.5) is 22.0 Å². The second kappa shape index (κ2) is 4.51. The SMILES string of the molecule is [CH2-]CCC(F)(F)C(F)(F)F.[CH3-].[Es]. The molecule has 1 radical (unpaired) electrons. The van der Waals surface area contributed by atoms with E-state index in [1.165, 1.54) is 0 Å². The summed E-state index contributed by atoms with van der Waals surface area (Å²) in [6.45, 7) is 2.90. The summed E-state index contributed by atoms with van der Waals surface area (Å²) < 4.78 is 57.3. The van der Waals surface area contributed by atoms with Gasteiger partial charge in [0.1, 0.15) is 0 Å². The minimum atomic E-state index is -5.43. The Labute approximate surface area is 62.4 Å². The molecule has 0 N–H and O–H groups in total. The van der Waals surface area contributed by atoms with Crippen LogP contribution in [0, 0.1) is 14.4 Å². The van der Waals surface area contributed by atoms with Crippen LogP contribution in [-0.4, -0.2) is 12.1 Å². The van der Waals surface area contributed by atoms with Crippen molar-refractivity contribution in [3.63, 3.8) is 0 Å². The minimum Gasteiger partial charge on any atom is -0.358 e. The molecule has 0 aromatic carbocycles. The van der Waals surface area contributed by atoms with Crippen molar-refractivity contribution in [2.45, 2.75) is 24.9 Å². The minimum absolute atomic E-state index is 0. The molecule has 0 aliphatic carbocycles. The summed E-state index contributed by atoms with van der Waals surface area (Å²) in [5.74, 6) is -4.57. The summed E-state index contributed by atoms with van der Waals surface area (Å²) in [4.78, 5) is 0. The van der Waals surface area contributed by atoms with Crippen LogP contribution < -0.4 is 0 Å². The van der Waals surface area contributed by atoms with E-state index < -0.39 is 24.9 Å². The van der Waals surface area contributed by atoms with E-state index in [1.54, 1.807) is 0 Å². The van der Waals surface area contributed by atoms with Crippen molar-refractivity contribution in [1.29, 1.82) is 0 Å². The molecule has 0 rings (SSSR count). The molecular formula is C6H9EsF5-2. The third-order valence-electron chi connectivity index (χ3n) is 0.905. The van der Waals surface area contributed by atoms with Gasteiger partial charge in [-0.05, 0) is 6.42 Å². The quantitative estimate of drug-likeness (QED) is 0.468. The summed E-state index contributed by atoms with van der Waals surface area (Å²) in [6.07, 6.45) is -7.09. The van der Waals surface area contributed by atoms with Crippen LogP contribution in [-0.2, 0) is 0 Å². The Morgan fingerprint density at radius 2 is 1.33 bits per heavy atom. The summed E-state index contributed by atoms with van der Waals surface area (Å²) in [7, 11) is 0. The van der Waals surface area contributed by atoms with Crippen LogP contribution in [0.25, 0.3) is 0 Å². The van der Waals surface area contributed by atoms with Gasteiger partial charge in [0, 0.05) is 0 Å². The maximum atomic E-state index is 11.8. The predicted octanol–water partition coefficient (Wildman–Crippen LogP) is 3.25. The molecule has 0 atom stereocenters. The van der Waals surface area contributed by atoms with Gasteiger partial charge in [-0.15, -0.1) is 0 Å². The molecule has 0 spiro atoms. The monoisotopic (exact) mass is 428 g/mol. The maximum absolute atomic E-state index is 11.8. The summed E-state index contributed by atoms with van der Waals surface area (Å²) in [6, 6.07) is 0. The van der Waals surface area contributed by atoms with E-state index in [-0.39, 0.29) is 7.43 Å². The molecule has 0 amide bonds. The van der Waals surface area contributed by atoms with E-state index in [0.29, 0.717) is 0 Å². The van der Waals surface area contributed by atoms with Gasteiger partial charge in [-0.2, -0.15) is 28.4 Å². The van der Waals surface area contributed by atoms with Gasteiger partial charge in [0.15, 0.2) is 0 Å². The van der Waals surface area contributed by atoms with Crippen LogP contribution in [0.5, 0.6) is 0 Å². The first-order valence-corrected chi connectivity index (χ1v) is 2.55. The topological polar surface area (TPSA) is 0 Å². The predicted molar refractivity (Wildman–Crippen MR) is 32.0 cm³/mol. The summed E-state index contributed by atoms with van der Waals surface area (Å²) in [5.41, 5.74) is 0. The van der Waals surface area contributed by atoms with Gasteiger partial charge in [-0.3, -0.25) is 0 Å². The van der Waals surface area contributed by atoms with Gasteiger partial charge in [-0.25, -0.2) is 0 Å². The van der Waals surface area contributed by atoms with Crippen molar-refractivity contribution < 1.29 is 22.0 Å². The third-order valence-corrected chi connectivity index (χ3v) is 0.905. The van der Waals surface area contributed by atoms with Crippen molar-refractivity contribution in [2.24, 2.45) is 0 Å². The van der Waals surface area contributed by atoms with Crippen LogP contribution in [0.3, 0.4) is 0 Å². The Bertz CT molecular complexity index is 109. The second-order valence-corrected chi connectivity index (χ2v) is 1.81. The zero-order chi connectivity index (χ0) is 8.41. The largest absolute Gasteiger partial charge is 0.453 e. The van der Waals surface area contributed by atoms with Crippen molar-refractivity contribution in [1.82, 2.24) is 0 Å². The number of hydrogen-bond donors (Lipinski definition) is 0. The Balaban J connectivity index is -0.000000405. The molecule has 0 nitrogen and oxygen atoms in total. The number of halogens is 5. The Morgan fingerprint density at radius 3 is 1.42 bits per heavy atom. The van der Waals surface area contributed by atoms with E-state index in [1.807, 2.05) is 0 Å². The fraction of sp³-hybridized carbons (Fsp3) is 0.667. The van der Waals surface area contributed by atoms with Crippen molar-refractivity contribution >= 4 is 0 Å². The normalized spacial score (nSPS) is 11.5. The average molecular weight is 428 g/mol.